The van der Waals surface area contributed by atoms with E-state index in [2.05, 4.69) is 39.0 Å². The van der Waals surface area contributed by atoms with E-state index in [-0.39, 0.29) is 0 Å². The zero-order valence-corrected chi connectivity index (χ0v) is 13.9. The van der Waals surface area contributed by atoms with Crippen LogP contribution in [0.3, 0.4) is 0 Å². The molecule has 2 aliphatic carbocycles. The molecular formula is C19H30O2. The highest BCUT2D eigenvalue weighted by Gasteiger charge is 2.20. The fourth-order valence-corrected chi connectivity index (χ4v) is 2.96. The van der Waals surface area contributed by atoms with Crippen LogP contribution < -0.4 is 0 Å². The largest absolute Gasteiger partial charge is 0.355 e. The van der Waals surface area contributed by atoms with Gasteiger partial charge in [-0.05, 0) is 42.2 Å². The summed E-state index contributed by atoms with van der Waals surface area (Å²) in [7, 11) is 0. The molecule has 0 amide bonds. The molecule has 0 spiro atoms. The summed E-state index contributed by atoms with van der Waals surface area (Å²) in [6, 6.07) is 6.75. The predicted octanol–water partition coefficient (Wildman–Crippen LogP) is 4.82. The molecule has 2 unspecified atom stereocenters. The van der Waals surface area contributed by atoms with Gasteiger partial charge in [-0.3, -0.25) is 0 Å². The molecule has 2 nitrogen and oxygen atoms in total. The van der Waals surface area contributed by atoms with Gasteiger partial charge in [-0.1, -0.05) is 51.3 Å². The van der Waals surface area contributed by atoms with Gasteiger partial charge in [-0.25, -0.2) is 0 Å². The predicted molar refractivity (Wildman–Crippen MR) is 87.1 cm³/mol. The summed E-state index contributed by atoms with van der Waals surface area (Å²) in [6.45, 7) is 7.95. The summed E-state index contributed by atoms with van der Waals surface area (Å²) in [6.07, 6.45) is 8.22. The van der Waals surface area contributed by atoms with E-state index < -0.39 is 0 Å². The minimum atomic E-state index is 0.397. The van der Waals surface area contributed by atoms with Crippen molar-refractivity contribution >= 4 is 0 Å². The van der Waals surface area contributed by atoms with Crippen LogP contribution in [0.4, 0.5) is 0 Å². The van der Waals surface area contributed by atoms with Crippen molar-refractivity contribution in [1.82, 2.24) is 0 Å². The normalized spacial score (nSPS) is 22.4. The molecular weight excluding hydrogens is 260 g/mol. The molecule has 0 aromatic heterocycles. The van der Waals surface area contributed by atoms with Crippen molar-refractivity contribution in [3.05, 3.63) is 34.2 Å². The molecule has 0 N–H and O–H groups in total. The van der Waals surface area contributed by atoms with Gasteiger partial charge in [0.05, 0.1) is 12.7 Å². The average molecular weight is 290 g/mol. The Kier molecular flexibility index (Phi) is 6.72. The minimum absolute atomic E-state index is 0.397. The first-order valence-electron chi connectivity index (χ1n) is 8.58. The molecule has 21 heavy (non-hydrogen) atoms. The Balaban J connectivity index is 0.000000155. The Morgan fingerprint density at radius 1 is 1.14 bits per heavy atom. The smallest absolute Gasteiger partial charge is 0.147 e. The van der Waals surface area contributed by atoms with Gasteiger partial charge in [-0.2, -0.15) is 0 Å². The zero-order valence-electron chi connectivity index (χ0n) is 13.9. The number of unbranched alkanes of at least 4 members (excludes halogenated alkanes) is 2. The molecule has 0 aromatic carbocycles. The number of rotatable bonds is 6. The summed E-state index contributed by atoms with van der Waals surface area (Å²) in [5.74, 6) is 0.624. The Morgan fingerprint density at radius 2 is 2.00 bits per heavy atom. The van der Waals surface area contributed by atoms with E-state index in [0.717, 1.165) is 6.61 Å². The van der Waals surface area contributed by atoms with Gasteiger partial charge in [0.1, 0.15) is 6.79 Å². The lowest BCUT2D eigenvalue weighted by Gasteiger charge is -2.28. The summed E-state index contributed by atoms with van der Waals surface area (Å²) >= 11 is 0. The van der Waals surface area contributed by atoms with Gasteiger partial charge in [-0.15, -0.1) is 0 Å². The zero-order chi connectivity index (χ0) is 15.1. The molecule has 0 bridgehead atoms. The molecule has 118 valence electrons. The van der Waals surface area contributed by atoms with Gasteiger partial charge in [0.2, 0.25) is 0 Å². The average Bonchev–Trinajstić information content (AvgIpc) is 2.47. The van der Waals surface area contributed by atoms with Crippen LogP contribution in [0, 0.1) is 16.4 Å². The Hall–Kier alpha value is -0.860. The first-order chi connectivity index (χ1) is 10.3. The maximum Gasteiger partial charge on any atom is 0.147 e. The molecule has 3 rings (SSSR count). The second-order valence-corrected chi connectivity index (χ2v) is 6.24. The number of hydrogen-bond acceptors (Lipinski definition) is 2. The van der Waals surface area contributed by atoms with Gasteiger partial charge in [0.15, 0.2) is 0 Å². The van der Waals surface area contributed by atoms with Crippen LogP contribution in [0.2, 0.25) is 0 Å². The highest BCUT2D eigenvalue weighted by Crippen LogP contribution is 2.19. The second-order valence-electron chi connectivity index (χ2n) is 6.24. The molecule has 3 aliphatic rings. The van der Waals surface area contributed by atoms with E-state index >= 15 is 0 Å². The number of ether oxygens (including phenoxy) is 2. The van der Waals surface area contributed by atoms with E-state index in [1.54, 1.807) is 10.8 Å². The first-order valence-corrected chi connectivity index (χ1v) is 8.58. The summed E-state index contributed by atoms with van der Waals surface area (Å²) in [5.41, 5.74) is 1.59. The number of benzene rings is 1. The summed E-state index contributed by atoms with van der Waals surface area (Å²) in [4.78, 5) is 0. The second kappa shape index (κ2) is 8.55. The van der Waals surface area contributed by atoms with Crippen LogP contribution in [0.25, 0.3) is 0 Å². The summed E-state index contributed by atoms with van der Waals surface area (Å²) in [5, 5.41) is 3.03. The Bertz CT molecular complexity index is 507. The van der Waals surface area contributed by atoms with Crippen molar-refractivity contribution in [2.24, 2.45) is 5.92 Å². The quantitative estimate of drug-likeness (QED) is 0.710. The van der Waals surface area contributed by atoms with E-state index in [0.29, 0.717) is 18.8 Å². The maximum atomic E-state index is 5.32. The third-order valence-corrected chi connectivity index (χ3v) is 4.54. The van der Waals surface area contributed by atoms with Crippen LogP contribution in [0.15, 0.2) is 18.2 Å². The number of aryl methyl sites for hydroxylation is 1. The maximum absolute atomic E-state index is 5.32. The van der Waals surface area contributed by atoms with Crippen LogP contribution in [0.1, 0.15) is 58.4 Å². The highest BCUT2D eigenvalue weighted by molar-refractivity contribution is 5.33. The lowest BCUT2D eigenvalue weighted by Crippen LogP contribution is -2.31. The number of hydrogen-bond donors (Lipinski definition) is 0. The lowest BCUT2D eigenvalue weighted by atomic mass is 9.95. The molecule has 1 heterocycles. The van der Waals surface area contributed by atoms with Crippen LogP contribution in [-0.4, -0.2) is 19.5 Å². The SMILES string of the molecule is CCCC1COCOC1C.CCCCCc1cc2ccc1=2. The van der Waals surface area contributed by atoms with E-state index in [1.165, 1.54) is 43.7 Å². The van der Waals surface area contributed by atoms with Crippen LogP contribution in [0.5, 0.6) is 0 Å². The molecule has 1 fully saturated rings. The third kappa shape index (κ3) is 4.55. The van der Waals surface area contributed by atoms with E-state index in [4.69, 9.17) is 9.47 Å². The van der Waals surface area contributed by atoms with Crippen LogP contribution in [-0.2, 0) is 15.9 Å². The third-order valence-electron chi connectivity index (χ3n) is 4.54. The molecule has 0 radical (unpaired) electrons. The van der Waals surface area contributed by atoms with Crippen molar-refractivity contribution < 1.29 is 9.47 Å². The highest BCUT2D eigenvalue weighted by atomic mass is 16.7. The Labute approximate surface area is 129 Å². The van der Waals surface area contributed by atoms with Gasteiger partial charge >= 0.3 is 0 Å². The molecule has 2 heteroatoms. The topological polar surface area (TPSA) is 18.5 Å². The summed E-state index contributed by atoms with van der Waals surface area (Å²) < 4.78 is 10.5. The van der Waals surface area contributed by atoms with Gasteiger partial charge < -0.3 is 9.47 Å². The molecule has 1 saturated heterocycles. The van der Waals surface area contributed by atoms with E-state index in [1.807, 2.05) is 0 Å². The fourth-order valence-electron chi connectivity index (χ4n) is 2.96. The first kappa shape index (κ1) is 16.5. The van der Waals surface area contributed by atoms with Gasteiger partial charge in [0, 0.05) is 5.92 Å². The lowest BCUT2D eigenvalue weighted by molar-refractivity contribution is -0.164. The molecule has 1 aliphatic heterocycles. The van der Waals surface area contributed by atoms with Crippen molar-refractivity contribution in [3.8, 4) is 0 Å². The minimum Gasteiger partial charge on any atom is -0.355 e. The van der Waals surface area contributed by atoms with Crippen molar-refractivity contribution in [2.75, 3.05) is 13.4 Å². The fraction of sp³-hybridized carbons (Fsp3) is 0.684. The van der Waals surface area contributed by atoms with Crippen LogP contribution >= 0.6 is 0 Å². The monoisotopic (exact) mass is 290 g/mol. The van der Waals surface area contributed by atoms with E-state index in [9.17, 15) is 0 Å². The van der Waals surface area contributed by atoms with Gasteiger partial charge in [0.25, 0.3) is 0 Å². The van der Waals surface area contributed by atoms with Crippen molar-refractivity contribution in [3.63, 3.8) is 0 Å². The standard InChI is InChI=1S/C11H14.C8H16O2/c1-2-3-4-5-9-8-10-6-7-11(9)10;1-3-4-8-5-9-6-10-7(8)2/h6-8H,2-5H2,1H3;7-8H,3-6H2,1-2H3. The van der Waals surface area contributed by atoms with Crippen molar-refractivity contribution in [2.45, 2.75) is 65.4 Å². The molecule has 0 saturated carbocycles. The van der Waals surface area contributed by atoms with Crippen molar-refractivity contribution in [1.29, 1.82) is 0 Å². The molecule has 2 atom stereocenters. The molecule has 0 aromatic rings. The Morgan fingerprint density at radius 3 is 2.52 bits per heavy atom.